The Labute approximate surface area is 105 Å². The van der Waals surface area contributed by atoms with Crippen molar-refractivity contribution in [1.29, 1.82) is 0 Å². The summed E-state index contributed by atoms with van der Waals surface area (Å²) in [6, 6.07) is 6.03. The molecular formula is C13H15N5. The molecule has 5 nitrogen and oxygen atoms in total. The standard InChI is InChI=1S/C13H15N5/c1-10-11(9-16-17(10)2)8-15-13-5-3-4-12-14-6-7-18(12)13/h3-7,9,15H,8H2,1-2H3. The van der Waals surface area contributed by atoms with Crippen molar-refractivity contribution in [2.75, 3.05) is 5.32 Å². The minimum atomic E-state index is 0.761. The van der Waals surface area contributed by atoms with E-state index in [-0.39, 0.29) is 0 Å². The van der Waals surface area contributed by atoms with E-state index in [1.165, 1.54) is 11.3 Å². The number of anilines is 1. The van der Waals surface area contributed by atoms with Crippen LogP contribution in [0.25, 0.3) is 5.65 Å². The van der Waals surface area contributed by atoms with Crippen molar-refractivity contribution in [3.63, 3.8) is 0 Å². The Morgan fingerprint density at radius 3 is 3.00 bits per heavy atom. The minimum absolute atomic E-state index is 0.761. The predicted molar refractivity (Wildman–Crippen MR) is 70.5 cm³/mol. The number of pyridine rings is 1. The van der Waals surface area contributed by atoms with Crippen molar-refractivity contribution in [2.24, 2.45) is 7.05 Å². The van der Waals surface area contributed by atoms with E-state index >= 15 is 0 Å². The monoisotopic (exact) mass is 241 g/mol. The Morgan fingerprint density at radius 1 is 1.33 bits per heavy atom. The summed E-state index contributed by atoms with van der Waals surface area (Å²) in [5, 5.41) is 7.65. The molecule has 0 atom stereocenters. The zero-order valence-corrected chi connectivity index (χ0v) is 10.5. The van der Waals surface area contributed by atoms with Gasteiger partial charge >= 0.3 is 0 Å². The molecule has 0 fully saturated rings. The Balaban J connectivity index is 1.85. The summed E-state index contributed by atoms with van der Waals surface area (Å²) in [6.45, 7) is 2.83. The molecule has 0 saturated heterocycles. The van der Waals surface area contributed by atoms with Crippen LogP contribution in [0.3, 0.4) is 0 Å². The lowest BCUT2D eigenvalue weighted by Gasteiger charge is -2.08. The van der Waals surface area contributed by atoms with E-state index < -0.39 is 0 Å². The van der Waals surface area contributed by atoms with Crippen molar-refractivity contribution in [3.05, 3.63) is 48.0 Å². The van der Waals surface area contributed by atoms with Crippen LogP contribution in [-0.2, 0) is 13.6 Å². The first kappa shape index (κ1) is 10.8. The molecule has 0 bridgehead atoms. The van der Waals surface area contributed by atoms with Crippen LogP contribution in [0.2, 0.25) is 0 Å². The minimum Gasteiger partial charge on any atom is -0.367 e. The number of nitrogens with one attached hydrogen (secondary N) is 1. The van der Waals surface area contributed by atoms with E-state index in [0.29, 0.717) is 0 Å². The number of nitrogens with zero attached hydrogens (tertiary/aromatic N) is 4. The maximum Gasteiger partial charge on any atom is 0.138 e. The third kappa shape index (κ3) is 1.73. The molecule has 92 valence electrons. The van der Waals surface area contributed by atoms with E-state index in [2.05, 4.69) is 22.3 Å². The van der Waals surface area contributed by atoms with Gasteiger partial charge in [0.05, 0.1) is 6.20 Å². The van der Waals surface area contributed by atoms with Gasteiger partial charge in [-0.25, -0.2) is 4.98 Å². The molecule has 0 amide bonds. The molecule has 0 aliphatic heterocycles. The molecular weight excluding hydrogens is 226 g/mol. The third-order valence-corrected chi connectivity index (χ3v) is 3.23. The second-order valence-corrected chi connectivity index (χ2v) is 4.30. The van der Waals surface area contributed by atoms with E-state index in [1.54, 1.807) is 6.20 Å². The van der Waals surface area contributed by atoms with Gasteiger partial charge in [0.1, 0.15) is 11.5 Å². The van der Waals surface area contributed by atoms with Crippen LogP contribution in [0.15, 0.2) is 36.8 Å². The predicted octanol–water partition coefficient (Wildman–Crippen LogP) is 1.99. The van der Waals surface area contributed by atoms with Crippen molar-refractivity contribution in [3.8, 4) is 0 Å². The summed E-state index contributed by atoms with van der Waals surface area (Å²) in [5.74, 6) is 1.04. The second kappa shape index (κ2) is 4.18. The largest absolute Gasteiger partial charge is 0.367 e. The first-order valence-corrected chi connectivity index (χ1v) is 5.89. The number of hydrogen-bond donors (Lipinski definition) is 1. The van der Waals surface area contributed by atoms with Gasteiger partial charge in [-0.15, -0.1) is 0 Å². The van der Waals surface area contributed by atoms with Crippen LogP contribution >= 0.6 is 0 Å². The summed E-state index contributed by atoms with van der Waals surface area (Å²) in [6.07, 6.45) is 5.65. The normalized spacial score (nSPS) is 11.0. The molecule has 3 heterocycles. The summed E-state index contributed by atoms with van der Waals surface area (Å²) >= 11 is 0. The lowest BCUT2D eigenvalue weighted by Crippen LogP contribution is -2.04. The van der Waals surface area contributed by atoms with Gasteiger partial charge in [-0.1, -0.05) is 6.07 Å². The van der Waals surface area contributed by atoms with Crippen molar-refractivity contribution in [1.82, 2.24) is 19.2 Å². The molecule has 0 saturated carbocycles. The maximum absolute atomic E-state index is 4.26. The molecule has 0 aromatic carbocycles. The first-order valence-electron chi connectivity index (χ1n) is 5.89. The smallest absolute Gasteiger partial charge is 0.138 e. The highest BCUT2D eigenvalue weighted by molar-refractivity contribution is 5.50. The van der Waals surface area contributed by atoms with Gasteiger partial charge in [-0.05, 0) is 19.1 Å². The Kier molecular flexibility index (Phi) is 2.51. The Bertz CT molecular complexity index is 680. The molecule has 5 heteroatoms. The lowest BCUT2D eigenvalue weighted by atomic mass is 10.2. The zero-order valence-electron chi connectivity index (χ0n) is 10.5. The van der Waals surface area contributed by atoms with Gasteiger partial charge < -0.3 is 5.32 Å². The summed E-state index contributed by atoms with van der Waals surface area (Å²) in [7, 11) is 1.95. The quantitative estimate of drug-likeness (QED) is 0.762. The van der Waals surface area contributed by atoms with Crippen LogP contribution in [0.4, 0.5) is 5.82 Å². The first-order chi connectivity index (χ1) is 8.75. The van der Waals surface area contributed by atoms with Crippen molar-refractivity contribution >= 4 is 11.5 Å². The highest BCUT2D eigenvalue weighted by Crippen LogP contribution is 2.13. The summed E-state index contributed by atoms with van der Waals surface area (Å²) in [5.41, 5.74) is 3.33. The number of imidazole rings is 1. The molecule has 0 spiro atoms. The summed E-state index contributed by atoms with van der Waals surface area (Å²) in [4.78, 5) is 4.26. The van der Waals surface area contributed by atoms with Crippen LogP contribution in [0.5, 0.6) is 0 Å². The van der Waals surface area contributed by atoms with Crippen LogP contribution < -0.4 is 5.32 Å². The average Bonchev–Trinajstić information content (AvgIpc) is 2.97. The van der Waals surface area contributed by atoms with E-state index in [4.69, 9.17) is 0 Å². The van der Waals surface area contributed by atoms with Gasteiger partial charge in [0.15, 0.2) is 0 Å². The van der Waals surface area contributed by atoms with Crippen molar-refractivity contribution in [2.45, 2.75) is 13.5 Å². The topological polar surface area (TPSA) is 47.1 Å². The van der Waals surface area contributed by atoms with Crippen LogP contribution in [0.1, 0.15) is 11.3 Å². The van der Waals surface area contributed by atoms with Gasteiger partial charge in [0, 0.05) is 37.2 Å². The highest BCUT2D eigenvalue weighted by Gasteiger charge is 2.04. The third-order valence-electron chi connectivity index (χ3n) is 3.23. The average molecular weight is 241 g/mol. The second-order valence-electron chi connectivity index (χ2n) is 4.30. The fourth-order valence-corrected chi connectivity index (χ4v) is 2.00. The number of aromatic nitrogens is 4. The van der Waals surface area contributed by atoms with Gasteiger partial charge in [0.25, 0.3) is 0 Å². The Hall–Kier alpha value is -2.30. The SMILES string of the molecule is Cc1c(CNc2cccc3nccn23)cnn1C. The molecule has 0 unspecified atom stereocenters. The zero-order chi connectivity index (χ0) is 12.5. The van der Waals surface area contributed by atoms with Gasteiger partial charge in [-0.3, -0.25) is 9.08 Å². The molecule has 3 aromatic rings. The molecule has 0 aliphatic rings. The molecule has 3 aromatic heterocycles. The molecule has 3 rings (SSSR count). The number of fused-ring (bicyclic) bond motifs is 1. The fraction of sp³-hybridized carbons (Fsp3) is 0.231. The number of rotatable bonds is 3. The van der Waals surface area contributed by atoms with E-state index in [1.807, 2.05) is 46.7 Å². The number of aryl methyl sites for hydroxylation is 1. The van der Waals surface area contributed by atoms with E-state index in [0.717, 1.165) is 18.0 Å². The van der Waals surface area contributed by atoms with Crippen LogP contribution in [-0.4, -0.2) is 19.2 Å². The Morgan fingerprint density at radius 2 is 2.22 bits per heavy atom. The molecule has 1 N–H and O–H groups in total. The highest BCUT2D eigenvalue weighted by atomic mass is 15.3. The fourth-order valence-electron chi connectivity index (χ4n) is 2.00. The lowest BCUT2D eigenvalue weighted by molar-refractivity contribution is 0.738. The molecule has 0 aliphatic carbocycles. The molecule has 18 heavy (non-hydrogen) atoms. The maximum atomic E-state index is 4.26. The van der Waals surface area contributed by atoms with E-state index in [9.17, 15) is 0 Å². The number of hydrogen-bond acceptors (Lipinski definition) is 3. The molecule has 0 radical (unpaired) electrons. The van der Waals surface area contributed by atoms with Gasteiger partial charge in [0.2, 0.25) is 0 Å². The summed E-state index contributed by atoms with van der Waals surface area (Å²) < 4.78 is 3.92. The van der Waals surface area contributed by atoms with Crippen molar-refractivity contribution < 1.29 is 0 Å². The van der Waals surface area contributed by atoms with Gasteiger partial charge in [-0.2, -0.15) is 5.10 Å². The van der Waals surface area contributed by atoms with Crippen LogP contribution in [0, 0.1) is 6.92 Å².